The summed E-state index contributed by atoms with van der Waals surface area (Å²) in [5.74, 6) is 0. The van der Waals surface area contributed by atoms with Crippen LogP contribution < -0.4 is 5.32 Å². The van der Waals surface area contributed by atoms with Crippen molar-refractivity contribution < 1.29 is 0 Å². The Bertz CT molecular complexity index is 171. The first-order chi connectivity index (χ1) is 5.67. The average molecular weight is 168 g/mol. The third-order valence-electron chi connectivity index (χ3n) is 2.88. The lowest BCUT2D eigenvalue weighted by Crippen LogP contribution is -2.39. The van der Waals surface area contributed by atoms with Crippen LogP contribution in [-0.4, -0.2) is 31.1 Å². The van der Waals surface area contributed by atoms with Gasteiger partial charge in [0, 0.05) is 12.7 Å². The highest BCUT2D eigenvalue weighted by Crippen LogP contribution is 2.45. The molecule has 0 aromatic carbocycles. The lowest BCUT2D eigenvalue weighted by Gasteiger charge is -2.29. The van der Waals surface area contributed by atoms with E-state index in [-0.39, 0.29) is 0 Å². The van der Waals surface area contributed by atoms with Crippen LogP contribution in [0, 0.1) is 0 Å². The number of nitrogens with one attached hydrogen (secondary N) is 1. The molecule has 1 fully saturated rings. The molecular weight excluding hydrogens is 148 g/mol. The maximum absolute atomic E-state index is 4.06. The van der Waals surface area contributed by atoms with Gasteiger partial charge in [-0.25, -0.2) is 0 Å². The summed E-state index contributed by atoms with van der Waals surface area (Å²) in [6, 6.07) is 0. The van der Waals surface area contributed by atoms with Gasteiger partial charge in [0.15, 0.2) is 0 Å². The first-order valence-corrected chi connectivity index (χ1v) is 4.75. The fourth-order valence-electron chi connectivity index (χ4n) is 1.81. The van der Waals surface area contributed by atoms with Gasteiger partial charge in [0.1, 0.15) is 0 Å². The lowest BCUT2D eigenvalue weighted by molar-refractivity contribution is 0.247. The fourth-order valence-corrected chi connectivity index (χ4v) is 1.81. The number of nitrogens with zero attached hydrogens (tertiary/aromatic N) is 1. The summed E-state index contributed by atoms with van der Waals surface area (Å²) in [4.78, 5) is 2.42. The van der Waals surface area contributed by atoms with Gasteiger partial charge in [-0.1, -0.05) is 13.5 Å². The van der Waals surface area contributed by atoms with Crippen molar-refractivity contribution in [2.24, 2.45) is 0 Å². The fraction of sp³-hybridized carbons (Fsp3) is 0.800. The SMILES string of the molecule is C=C(NC)C1(N(C)CCC)CC1. The lowest BCUT2D eigenvalue weighted by atomic mass is 10.1. The summed E-state index contributed by atoms with van der Waals surface area (Å²) in [5, 5.41) is 3.17. The quantitative estimate of drug-likeness (QED) is 0.670. The summed E-state index contributed by atoms with van der Waals surface area (Å²) in [5.41, 5.74) is 1.48. The molecule has 0 aliphatic heterocycles. The normalized spacial score (nSPS) is 19.3. The summed E-state index contributed by atoms with van der Waals surface area (Å²) < 4.78 is 0. The zero-order valence-corrected chi connectivity index (χ0v) is 8.48. The molecule has 2 nitrogen and oxygen atoms in total. The summed E-state index contributed by atoms with van der Waals surface area (Å²) in [6.07, 6.45) is 3.75. The molecule has 0 aromatic rings. The first kappa shape index (κ1) is 9.59. The van der Waals surface area contributed by atoms with Crippen LogP contribution >= 0.6 is 0 Å². The van der Waals surface area contributed by atoms with Crippen molar-refractivity contribution in [2.75, 3.05) is 20.6 Å². The van der Waals surface area contributed by atoms with E-state index in [1.807, 2.05) is 7.05 Å². The minimum absolute atomic E-state index is 0.296. The molecule has 1 rings (SSSR count). The highest BCUT2D eigenvalue weighted by Gasteiger charge is 2.48. The first-order valence-electron chi connectivity index (χ1n) is 4.75. The van der Waals surface area contributed by atoms with Gasteiger partial charge in [-0.2, -0.15) is 0 Å². The number of hydrogen-bond acceptors (Lipinski definition) is 2. The molecule has 1 aliphatic rings. The van der Waals surface area contributed by atoms with E-state index >= 15 is 0 Å². The monoisotopic (exact) mass is 168 g/mol. The van der Waals surface area contributed by atoms with E-state index < -0.39 is 0 Å². The molecule has 12 heavy (non-hydrogen) atoms. The van der Waals surface area contributed by atoms with Crippen LogP contribution in [0.15, 0.2) is 12.3 Å². The molecule has 0 radical (unpaired) electrons. The molecular formula is C10H20N2. The Morgan fingerprint density at radius 2 is 2.17 bits per heavy atom. The van der Waals surface area contributed by atoms with Crippen molar-refractivity contribution in [1.82, 2.24) is 10.2 Å². The van der Waals surface area contributed by atoms with Crippen LogP contribution in [0.5, 0.6) is 0 Å². The van der Waals surface area contributed by atoms with Gasteiger partial charge < -0.3 is 5.32 Å². The van der Waals surface area contributed by atoms with Crippen molar-refractivity contribution in [1.29, 1.82) is 0 Å². The van der Waals surface area contributed by atoms with Crippen LogP contribution in [0.4, 0.5) is 0 Å². The number of likely N-dealkylation sites (N-methyl/N-ethyl adjacent to an activating group) is 2. The molecule has 70 valence electrons. The van der Waals surface area contributed by atoms with E-state index in [2.05, 4.69) is 30.8 Å². The van der Waals surface area contributed by atoms with Gasteiger partial charge >= 0.3 is 0 Å². The van der Waals surface area contributed by atoms with Gasteiger partial charge in [0.25, 0.3) is 0 Å². The predicted molar refractivity (Wildman–Crippen MR) is 53.1 cm³/mol. The van der Waals surface area contributed by atoms with Crippen LogP contribution in [0.2, 0.25) is 0 Å². The summed E-state index contributed by atoms with van der Waals surface area (Å²) >= 11 is 0. The highest BCUT2D eigenvalue weighted by molar-refractivity contribution is 5.24. The highest BCUT2D eigenvalue weighted by atomic mass is 15.2. The van der Waals surface area contributed by atoms with Gasteiger partial charge in [-0.3, -0.25) is 4.90 Å². The van der Waals surface area contributed by atoms with Crippen molar-refractivity contribution in [3.63, 3.8) is 0 Å². The minimum Gasteiger partial charge on any atom is -0.390 e. The van der Waals surface area contributed by atoms with E-state index in [1.165, 1.54) is 31.5 Å². The second-order valence-corrected chi connectivity index (χ2v) is 3.68. The van der Waals surface area contributed by atoms with Gasteiger partial charge in [0.2, 0.25) is 0 Å². The zero-order chi connectivity index (χ0) is 9.19. The van der Waals surface area contributed by atoms with Crippen LogP contribution in [-0.2, 0) is 0 Å². The van der Waals surface area contributed by atoms with Crippen molar-refractivity contribution in [2.45, 2.75) is 31.7 Å². The number of rotatable bonds is 5. The van der Waals surface area contributed by atoms with Gasteiger partial charge in [-0.05, 0) is 32.9 Å². The van der Waals surface area contributed by atoms with E-state index in [0.717, 1.165) is 0 Å². The van der Waals surface area contributed by atoms with Crippen molar-refractivity contribution >= 4 is 0 Å². The molecule has 0 saturated heterocycles. The second-order valence-electron chi connectivity index (χ2n) is 3.68. The van der Waals surface area contributed by atoms with Crippen LogP contribution in [0.1, 0.15) is 26.2 Å². The van der Waals surface area contributed by atoms with Crippen molar-refractivity contribution in [3.05, 3.63) is 12.3 Å². The maximum Gasteiger partial charge on any atom is 0.0601 e. The Hall–Kier alpha value is -0.500. The predicted octanol–water partition coefficient (Wildman–Crippen LogP) is 1.59. The Labute approximate surface area is 75.6 Å². The van der Waals surface area contributed by atoms with E-state index in [9.17, 15) is 0 Å². The third kappa shape index (κ3) is 1.48. The smallest absolute Gasteiger partial charge is 0.0601 e. The van der Waals surface area contributed by atoms with Crippen LogP contribution in [0.25, 0.3) is 0 Å². The average Bonchev–Trinajstić information content (AvgIpc) is 2.84. The van der Waals surface area contributed by atoms with Gasteiger partial charge in [-0.15, -0.1) is 0 Å². The van der Waals surface area contributed by atoms with E-state index in [0.29, 0.717) is 5.54 Å². The number of hydrogen-bond donors (Lipinski definition) is 1. The van der Waals surface area contributed by atoms with Crippen molar-refractivity contribution in [3.8, 4) is 0 Å². The Morgan fingerprint density at radius 1 is 1.58 bits per heavy atom. The summed E-state index contributed by atoms with van der Waals surface area (Å²) in [7, 11) is 4.15. The molecule has 0 atom stereocenters. The second kappa shape index (κ2) is 3.48. The molecule has 0 bridgehead atoms. The third-order valence-corrected chi connectivity index (χ3v) is 2.88. The molecule has 1 saturated carbocycles. The zero-order valence-electron chi connectivity index (χ0n) is 8.48. The Kier molecular flexibility index (Phi) is 2.78. The van der Waals surface area contributed by atoms with Gasteiger partial charge in [0.05, 0.1) is 5.54 Å². The standard InChI is InChI=1S/C10H20N2/c1-5-8-12(4)10(6-7-10)9(2)11-3/h11H,2,5-8H2,1,3-4H3. The molecule has 0 unspecified atom stereocenters. The molecule has 0 heterocycles. The topological polar surface area (TPSA) is 15.3 Å². The Balaban J connectivity index is 2.53. The minimum atomic E-state index is 0.296. The van der Waals surface area contributed by atoms with Crippen LogP contribution in [0.3, 0.4) is 0 Å². The molecule has 1 aliphatic carbocycles. The molecule has 0 amide bonds. The molecule has 0 aromatic heterocycles. The Morgan fingerprint density at radius 3 is 2.50 bits per heavy atom. The molecule has 0 spiro atoms. The summed E-state index contributed by atoms with van der Waals surface area (Å²) in [6.45, 7) is 7.44. The molecule has 1 N–H and O–H groups in total. The molecule has 2 heteroatoms. The maximum atomic E-state index is 4.06. The largest absolute Gasteiger partial charge is 0.390 e. The van der Waals surface area contributed by atoms with E-state index in [4.69, 9.17) is 0 Å². The van der Waals surface area contributed by atoms with E-state index in [1.54, 1.807) is 0 Å².